The lowest BCUT2D eigenvalue weighted by atomic mass is 10.2. The lowest BCUT2D eigenvalue weighted by Gasteiger charge is -2.09. The van der Waals surface area contributed by atoms with Crippen molar-refractivity contribution in [3.05, 3.63) is 24.3 Å². The molecule has 2 nitrogen and oxygen atoms in total. The van der Waals surface area contributed by atoms with Gasteiger partial charge in [0, 0.05) is 5.69 Å². The fourth-order valence-corrected chi connectivity index (χ4v) is 1.11. The standard InChI is InChI=1S/C12H15NO/c1-4-10(3)13-11-6-8-12(9-7-11)14-5-2/h1,6-10,13H,5H2,2-3H3. The third-order valence-corrected chi connectivity index (χ3v) is 1.80. The Morgan fingerprint density at radius 3 is 2.57 bits per heavy atom. The molecule has 0 amide bonds. The van der Waals surface area contributed by atoms with Crippen LogP contribution in [-0.2, 0) is 0 Å². The van der Waals surface area contributed by atoms with Crippen LogP contribution >= 0.6 is 0 Å². The summed E-state index contributed by atoms with van der Waals surface area (Å²) in [6, 6.07) is 7.81. The normalized spacial score (nSPS) is 11.5. The molecule has 0 aliphatic heterocycles. The molecule has 0 radical (unpaired) electrons. The van der Waals surface area contributed by atoms with Crippen LogP contribution in [0, 0.1) is 12.3 Å². The molecule has 0 bridgehead atoms. The Morgan fingerprint density at radius 2 is 2.07 bits per heavy atom. The maximum atomic E-state index is 5.32. The first-order valence-corrected chi connectivity index (χ1v) is 4.71. The third-order valence-electron chi connectivity index (χ3n) is 1.80. The van der Waals surface area contributed by atoms with E-state index in [1.165, 1.54) is 0 Å². The smallest absolute Gasteiger partial charge is 0.119 e. The monoisotopic (exact) mass is 189 g/mol. The number of benzene rings is 1. The number of anilines is 1. The topological polar surface area (TPSA) is 21.3 Å². The summed E-state index contributed by atoms with van der Waals surface area (Å²) in [6.07, 6.45) is 5.26. The van der Waals surface area contributed by atoms with Crippen LogP contribution < -0.4 is 10.1 Å². The quantitative estimate of drug-likeness (QED) is 0.735. The zero-order valence-corrected chi connectivity index (χ0v) is 8.58. The maximum Gasteiger partial charge on any atom is 0.119 e. The summed E-state index contributed by atoms with van der Waals surface area (Å²) in [5, 5.41) is 3.17. The first-order chi connectivity index (χ1) is 6.76. The summed E-state index contributed by atoms with van der Waals surface area (Å²) in [5.74, 6) is 3.49. The average Bonchev–Trinajstić information content (AvgIpc) is 2.21. The number of hydrogen-bond donors (Lipinski definition) is 1. The van der Waals surface area contributed by atoms with Crippen LogP contribution in [0.4, 0.5) is 5.69 Å². The minimum atomic E-state index is 0.0490. The highest BCUT2D eigenvalue weighted by atomic mass is 16.5. The highest BCUT2D eigenvalue weighted by molar-refractivity contribution is 5.48. The van der Waals surface area contributed by atoms with E-state index in [9.17, 15) is 0 Å². The van der Waals surface area contributed by atoms with Gasteiger partial charge in [-0.1, -0.05) is 5.92 Å². The number of ether oxygens (including phenoxy) is 1. The van der Waals surface area contributed by atoms with Crippen molar-refractivity contribution in [2.45, 2.75) is 19.9 Å². The van der Waals surface area contributed by atoms with E-state index in [1.807, 2.05) is 38.1 Å². The molecule has 74 valence electrons. The molecule has 2 heteroatoms. The van der Waals surface area contributed by atoms with E-state index >= 15 is 0 Å². The fourth-order valence-electron chi connectivity index (χ4n) is 1.11. The lowest BCUT2D eigenvalue weighted by molar-refractivity contribution is 0.340. The van der Waals surface area contributed by atoms with E-state index in [-0.39, 0.29) is 6.04 Å². The van der Waals surface area contributed by atoms with Gasteiger partial charge in [-0.3, -0.25) is 0 Å². The number of nitrogens with one attached hydrogen (secondary N) is 1. The highest BCUT2D eigenvalue weighted by Crippen LogP contribution is 2.15. The largest absolute Gasteiger partial charge is 0.494 e. The molecule has 0 aromatic heterocycles. The summed E-state index contributed by atoms with van der Waals surface area (Å²) < 4.78 is 5.32. The number of hydrogen-bond acceptors (Lipinski definition) is 2. The van der Waals surface area contributed by atoms with Gasteiger partial charge in [-0.15, -0.1) is 6.42 Å². The van der Waals surface area contributed by atoms with E-state index < -0.39 is 0 Å². The predicted octanol–water partition coefficient (Wildman–Crippen LogP) is 2.52. The predicted molar refractivity (Wildman–Crippen MR) is 59.5 cm³/mol. The van der Waals surface area contributed by atoms with E-state index in [1.54, 1.807) is 0 Å². The summed E-state index contributed by atoms with van der Waals surface area (Å²) in [7, 11) is 0. The highest BCUT2D eigenvalue weighted by Gasteiger charge is 1.97. The minimum absolute atomic E-state index is 0.0490. The van der Waals surface area contributed by atoms with E-state index in [0.717, 1.165) is 11.4 Å². The van der Waals surface area contributed by atoms with Gasteiger partial charge in [-0.25, -0.2) is 0 Å². The van der Waals surface area contributed by atoms with Crippen molar-refractivity contribution in [2.75, 3.05) is 11.9 Å². The zero-order chi connectivity index (χ0) is 10.4. The Hall–Kier alpha value is -1.62. The Morgan fingerprint density at radius 1 is 1.43 bits per heavy atom. The Labute approximate surface area is 85.3 Å². The van der Waals surface area contributed by atoms with Crippen LogP contribution in [0.1, 0.15) is 13.8 Å². The summed E-state index contributed by atoms with van der Waals surface area (Å²) in [5.41, 5.74) is 1.01. The molecule has 1 aromatic rings. The van der Waals surface area contributed by atoms with Gasteiger partial charge in [0.05, 0.1) is 12.6 Å². The minimum Gasteiger partial charge on any atom is -0.494 e. The van der Waals surface area contributed by atoms with Crippen LogP contribution in [0.25, 0.3) is 0 Å². The zero-order valence-electron chi connectivity index (χ0n) is 8.58. The summed E-state index contributed by atoms with van der Waals surface area (Å²) in [4.78, 5) is 0. The Balaban J connectivity index is 2.60. The molecule has 0 fully saturated rings. The summed E-state index contributed by atoms with van der Waals surface area (Å²) >= 11 is 0. The molecule has 14 heavy (non-hydrogen) atoms. The fraction of sp³-hybridized carbons (Fsp3) is 0.333. The first kappa shape index (κ1) is 10.5. The van der Waals surface area contributed by atoms with Crippen LogP contribution in [-0.4, -0.2) is 12.6 Å². The molecule has 0 aliphatic rings. The molecular formula is C12H15NO. The van der Waals surface area contributed by atoms with Crippen molar-refractivity contribution in [2.24, 2.45) is 0 Å². The molecule has 0 saturated heterocycles. The average molecular weight is 189 g/mol. The second kappa shape index (κ2) is 5.18. The molecule has 0 heterocycles. The molecule has 1 aromatic carbocycles. The molecule has 1 unspecified atom stereocenters. The van der Waals surface area contributed by atoms with E-state index in [0.29, 0.717) is 6.61 Å². The molecule has 0 aliphatic carbocycles. The molecule has 0 saturated carbocycles. The molecule has 1 N–H and O–H groups in total. The van der Waals surface area contributed by atoms with Crippen LogP contribution in [0.15, 0.2) is 24.3 Å². The van der Waals surface area contributed by atoms with Crippen molar-refractivity contribution in [1.29, 1.82) is 0 Å². The van der Waals surface area contributed by atoms with Gasteiger partial charge in [0.2, 0.25) is 0 Å². The maximum absolute atomic E-state index is 5.32. The number of rotatable bonds is 4. The lowest BCUT2D eigenvalue weighted by Crippen LogP contribution is -2.11. The van der Waals surface area contributed by atoms with Crippen molar-refractivity contribution in [3.63, 3.8) is 0 Å². The molecule has 1 atom stereocenters. The van der Waals surface area contributed by atoms with Gasteiger partial charge < -0.3 is 10.1 Å². The molecular weight excluding hydrogens is 174 g/mol. The van der Waals surface area contributed by atoms with E-state index in [2.05, 4.69) is 11.2 Å². The van der Waals surface area contributed by atoms with Gasteiger partial charge >= 0.3 is 0 Å². The Bertz CT molecular complexity index is 310. The second-order valence-electron chi connectivity index (χ2n) is 2.99. The van der Waals surface area contributed by atoms with Crippen LogP contribution in [0.3, 0.4) is 0 Å². The third kappa shape index (κ3) is 3.02. The van der Waals surface area contributed by atoms with Gasteiger partial charge in [0.1, 0.15) is 5.75 Å². The van der Waals surface area contributed by atoms with Gasteiger partial charge in [-0.2, -0.15) is 0 Å². The molecule has 1 rings (SSSR count). The van der Waals surface area contributed by atoms with Crippen molar-refractivity contribution < 1.29 is 4.74 Å². The van der Waals surface area contributed by atoms with Crippen molar-refractivity contribution >= 4 is 5.69 Å². The number of terminal acetylenes is 1. The van der Waals surface area contributed by atoms with Gasteiger partial charge in [0.15, 0.2) is 0 Å². The second-order valence-corrected chi connectivity index (χ2v) is 2.99. The van der Waals surface area contributed by atoms with Crippen molar-refractivity contribution in [1.82, 2.24) is 0 Å². The first-order valence-electron chi connectivity index (χ1n) is 4.71. The van der Waals surface area contributed by atoms with Crippen LogP contribution in [0.5, 0.6) is 5.75 Å². The molecule has 0 spiro atoms. The SMILES string of the molecule is C#CC(C)Nc1ccc(OCC)cc1. The van der Waals surface area contributed by atoms with E-state index in [4.69, 9.17) is 11.2 Å². The van der Waals surface area contributed by atoms with Gasteiger partial charge in [0.25, 0.3) is 0 Å². The summed E-state index contributed by atoms with van der Waals surface area (Å²) in [6.45, 7) is 4.59. The Kier molecular flexibility index (Phi) is 3.87. The van der Waals surface area contributed by atoms with Crippen molar-refractivity contribution in [3.8, 4) is 18.1 Å². The van der Waals surface area contributed by atoms with Gasteiger partial charge in [-0.05, 0) is 38.1 Å². The van der Waals surface area contributed by atoms with Crippen LogP contribution in [0.2, 0.25) is 0 Å².